The second kappa shape index (κ2) is 12.4. The fourth-order valence-corrected chi connectivity index (χ4v) is 7.29. The zero-order valence-electron chi connectivity index (χ0n) is 23.4. The topological polar surface area (TPSA) is 151 Å². The normalized spacial score (nSPS) is 21.6. The molecule has 0 spiro atoms. The standard InChI is InChI=1S/C29H27F4N3O7S2/c1-43-24-14-23(30)21(15-7-9-18(10-8-15)36-44(39)40)13-22(24)27(37)35-26-17-6-5-16(11-17)25(26)28(38)34-19-3-2-4-20(12-19)45(41,42)29(31,32)33/h2-4,7-10,12-14,16-17,25-26,36H,5-6,11H2,1H3,(H,34,38)(H,35,37)(H,39,40)/t16-,17+,25+,26-/m1/s1. The van der Waals surface area contributed by atoms with Crippen molar-refractivity contribution in [2.24, 2.45) is 17.8 Å². The number of benzene rings is 3. The number of carbonyl (C=O) groups is 2. The van der Waals surface area contributed by atoms with E-state index in [4.69, 9.17) is 9.29 Å². The molecule has 4 N–H and O–H groups in total. The van der Waals surface area contributed by atoms with Gasteiger partial charge in [0.15, 0.2) is 0 Å². The third kappa shape index (κ3) is 6.53. The number of anilines is 2. The van der Waals surface area contributed by atoms with Crippen LogP contribution in [0.25, 0.3) is 11.1 Å². The van der Waals surface area contributed by atoms with Crippen molar-refractivity contribution < 1.29 is 49.1 Å². The molecule has 10 nitrogen and oxygen atoms in total. The zero-order valence-corrected chi connectivity index (χ0v) is 25.1. The van der Waals surface area contributed by atoms with Crippen molar-refractivity contribution in [2.75, 3.05) is 17.1 Å². The molecule has 1 unspecified atom stereocenters. The number of ether oxygens (including phenoxy) is 1. The van der Waals surface area contributed by atoms with Crippen molar-refractivity contribution in [3.05, 3.63) is 72.0 Å². The molecular weight excluding hydrogens is 642 g/mol. The number of amides is 2. The monoisotopic (exact) mass is 669 g/mol. The minimum Gasteiger partial charge on any atom is -0.496 e. The minimum absolute atomic E-state index is 0.0143. The van der Waals surface area contributed by atoms with E-state index >= 15 is 4.39 Å². The molecule has 2 aliphatic rings. The van der Waals surface area contributed by atoms with Crippen LogP contribution in [-0.4, -0.2) is 47.7 Å². The number of nitrogens with one attached hydrogen (secondary N) is 3. The predicted octanol–water partition coefficient (Wildman–Crippen LogP) is 5.13. The summed E-state index contributed by atoms with van der Waals surface area (Å²) in [6, 6.07) is 11.5. The Labute approximate surface area is 257 Å². The highest BCUT2D eigenvalue weighted by Crippen LogP contribution is 2.49. The van der Waals surface area contributed by atoms with Gasteiger partial charge in [0.25, 0.3) is 27.0 Å². The average molecular weight is 670 g/mol. The molecule has 16 heteroatoms. The number of hydrogen-bond donors (Lipinski definition) is 4. The summed E-state index contributed by atoms with van der Waals surface area (Å²) < 4.78 is 106. The average Bonchev–Trinajstić information content (AvgIpc) is 3.59. The van der Waals surface area contributed by atoms with E-state index in [0.29, 0.717) is 24.1 Å². The summed E-state index contributed by atoms with van der Waals surface area (Å²) in [5.74, 6) is -2.95. The molecule has 45 heavy (non-hydrogen) atoms. The van der Waals surface area contributed by atoms with Gasteiger partial charge in [-0.15, -0.1) is 0 Å². The Morgan fingerprint density at radius 1 is 1.00 bits per heavy atom. The Hall–Kier alpha value is -4.02. The molecule has 3 aromatic carbocycles. The van der Waals surface area contributed by atoms with Gasteiger partial charge in [0, 0.05) is 29.0 Å². The van der Waals surface area contributed by atoms with Gasteiger partial charge in [0.2, 0.25) is 5.91 Å². The van der Waals surface area contributed by atoms with E-state index in [9.17, 15) is 35.4 Å². The smallest absolute Gasteiger partial charge is 0.496 e. The molecule has 0 aromatic heterocycles. The van der Waals surface area contributed by atoms with E-state index in [1.165, 1.54) is 43.5 Å². The summed E-state index contributed by atoms with van der Waals surface area (Å²) >= 11 is -2.30. The first-order valence-electron chi connectivity index (χ1n) is 13.6. The molecule has 3 aromatic rings. The van der Waals surface area contributed by atoms with Crippen LogP contribution < -0.4 is 20.1 Å². The maximum Gasteiger partial charge on any atom is 0.501 e. The number of methoxy groups -OCH3 is 1. The Morgan fingerprint density at radius 3 is 2.33 bits per heavy atom. The van der Waals surface area contributed by atoms with Crippen molar-refractivity contribution in [1.29, 1.82) is 0 Å². The van der Waals surface area contributed by atoms with E-state index in [1.807, 2.05) is 0 Å². The first kappa shape index (κ1) is 32.4. The number of carbonyl (C=O) groups excluding carboxylic acids is 2. The third-order valence-electron chi connectivity index (χ3n) is 8.17. The van der Waals surface area contributed by atoms with Crippen molar-refractivity contribution in [1.82, 2.24) is 5.32 Å². The minimum atomic E-state index is -5.63. The quantitative estimate of drug-likeness (QED) is 0.182. The number of alkyl halides is 3. The summed E-state index contributed by atoms with van der Waals surface area (Å²) in [6.45, 7) is 0. The lowest BCUT2D eigenvalue weighted by Gasteiger charge is -2.31. The predicted molar refractivity (Wildman–Crippen MR) is 157 cm³/mol. The molecule has 2 saturated carbocycles. The Bertz CT molecular complexity index is 1770. The van der Waals surface area contributed by atoms with Gasteiger partial charge in [-0.3, -0.25) is 18.9 Å². The van der Waals surface area contributed by atoms with E-state index in [0.717, 1.165) is 30.7 Å². The summed E-state index contributed by atoms with van der Waals surface area (Å²) in [4.78, 5) is 26.0. The lowest BCUT2D eigenvalue weighted by Crippen LogP contribution is -2.48. The molecule has 2 bridgehead atoms. The first-order valence-corrected chi connectivity index (χ1v) is 16.2. The summed E-state index contributed by atoms with van der Waals surface area (Å²) in [7, 11) is -4.37. The Kier molecular flexibility index (Phi) is 8.92. The van der Waals surface area contributed by atoms with Crippen LogP contribution in [0.15, 0.2) is 65.6 Å². The van der Waals surface area contributed by atoms with Crippen LogP contribution in [0.4, 0.5) is 28.9 Å². The molecule has 5 atom stereocenters. The highest BCUT2D eigenvalue weighted by Gasteiger charge is 2.52. The van der Waals surface area contributed by atoms with Gasteiger partial charge >= 0.3 is 5.51 Å². The molecule has 2 amide bonds. The fourth-order valence-electron chi connectivity index (χ4n) is 6.15. The van der Waals surface area contributed by atoms with Crippen LogP contribution in [0, 0.1) is 23.6 Å². The number of fused-ring (bicyclic) bond motifs is 2. The molecular formula is C29H27F4N3O7S2. The molecule has 5 rings (SSSR count). The van der Waals surface area contributed by atoms with Gasteiger partial charge in [-0.05, 0) is 73.1 Å². The fraction of sp³-hybridized carbons (Fsp3) is 0.310. The summed E-state index contributed by atoms with van der Waals surface area (Å²) in [5.41, 5.74) is -4.95. The highest BCUT2D eigenvalue weighted by atomic mass is 32.2. The molecule has 2 fully saturated rings. The third-order valence-corrected chi connectivity index (χ3v) is 10.1. The van der Waals surface area contributed by atoms with E-state index in [1.54, 1.807) is 0 Å². The second-order valence-electron chi connectivity index (χ2n) is 10.8. The van der Waals surface area contributed by atoms with Crippen LogP contribution in [0.2, 0.25) is 0 Å². The van der Waals surface area contributed by atoms with Gasteiger partial charge in [-0.25, -0.2) is 17.0 Å². The van der Waals surface area contributed by atoms with Crippen molar-refractivity contribution >= 4 is 44.3 Å². The largest absolute Gasteiger partial charge is 0.501 e. The van der Waals surface area contributed by atoms with E-state index in [2.05, 4.69) is 15.4 Å². The lowest BCUT2D eigenvalue weighted by atomic mass is 9.83. The van der Waals surface area contributed by atoms with E-state index in [-0.39, 0.29) is 34.4 Å². The highest BCUT2D eigenvalue weighted by molar-refractivity contribution is 7.92. The van der Waals surface area contributed by atoms with Crippen LogP contribution in [0.3, 0.4) is 0 Å². The van der Waals surface area contributed by atoms with Gasteiger partial charge < -0.3 is 15.4 Å². The Balaban J connectivity index is 1.38. The number of halogens is 4. The Morgan fingerprint density at radius 2 is 1.69 bits per heavy atom. The number of hydrogen-bond acceptors (Lipinski definition) is 6. The van der Waals surface area contributed by atoms with Crippen molar-refractivity contribution in [2.45, 2.75) is 35.7 Å². The maximum atomic E-state index is 15.1. The SMILES string of the molecule is COc1cc(F)c(-c2ccc(NS(=O)O)cc2)cc1C(=O)N[C@@H]1[C@H]2CC[C@H](C2)[C@@H]1C(=O)Nc1cccc(S(=O)(=O)C(F)(F)F)c1. The number of rotatable bonds is 9. The van der Waals surface area contributed by atoms with Crippen molar-refractivity contribution in [3.8, 4) is 16.9 Å². The molecule has 0 saturated heterocycles. The maximum absolute atomic E-state index is 15.1. The van der Waals surface area contributed by atoms with Gasteiger partial charge in [-0.2, -0.15) is 13.2 Å². The van der Waals surface area contributed by atoms with Gasteiger partial charge in [0.05, 0.1) is 23.5 Å². The van der Waals surface area contributed by atoms with Gasteiger partial charge in [0.1, 0.15) is 11.6 Å². The second-order valence-corrected chi connectivity index (χ2v) is 13.4. The summed E-state index contributed by atoms with van der Waals surface area (Å²) in [6.07, 6.45) is 2.04. The molecule has 0 aliphatic heterocycles. The molecule has 2 aliphatic carbocycles. The van der Waals surface area contributed by atoms with Crippen LogP contribution >= 0.6 is 0 Å². The molecule has 0 heterocycles. The zero-order chi connectivity index (χ0) is 32.7. The number of sulfone groups is 1. The van der Waals surface area contributed by atoms with Crippen LogP contribution in [0.1, 0.15) is 29.6 Å². The van der Waals surface area contributed by atoms with E-state index < -0.39 is 61.1 Å². The first-order chi connectivity index (χ1) is 21.2. The van der Waals surface area contributed by atoms with Crippen LogP contribution in [-0.2, 0) is 25.9 Å². The summed E-state index contributed by atoms with van der Waals surface area (Å²) in [5, 5.41) is 5.40. The molecule has 0 radical (unpaired) electrons. The van der Waals surface area contributed by atoms with Crippen molar-refractivity contribution in [3.63, 3.8) is 0 Å². The molecule has 240 valence electrons. The lowest BCUT2D eigenvalue weighted by molar-refractivity contribution is -0.122. The van der Waals surface area contributed by atoms with Gasteiger partial charge in [-0.1, -0.05) is 18.2 Å². The van der Waals surface area contributed by atoms with Crippen LogP contribution in [0.5, 0.6) is 5.75 Å².